The van der Waals surface area contributed by atoms with Crippen LogP contribution in [-0.2, 0) is 0 Å². The predicted molar refractivity (Wildman–Crippen MR) is 90.0 cm³/mol. The summed E-state index contributed by atoms with van der Waals surface area (Å²) in [7, 11) is 0. The monoisotopic (exact) mass is 302 g/mol. The van der Waals surface area contributed by atoms with E-state index in [0.29, 0.717) is 17.9 Å². The Labute approximate surface area is 131 Å². The lowest BCUT2D eigenvalue weighted by Gasteiger charge is -2.38. The molecule has 120 valence electrons. The highest BCUT2D eigenvalue weighted by atomic mass is 16.5. The first-order valence-electron chi connectivity index (χ1n) is 8.28. The normalized spacial score (nSPS) is 23.0. The fraction of sp³-hybridized carbons (Fsp3) is 0.588. The molecule has 0 bridgehead atoms. The van der Waals surface area contributed by atoms with Crippen LogP contribution in [0.5, 0.6) is 0 Å². The molecular formula is C17H26N4O. The van der Waals surface area contributed by atoms with Gasteiger partial charge >= 0.3 is 5.82 Å². The zero-order valence-corrected chi connectivity index (χ0v) is 13.7. The smallest absolute Gasteiger partial charge is 0.306 e. The molecule has 2 heterocycles. The fourth-order valence-corrected chi connectivity index (χ4v) is 3.61. The molecule has 3 rings (SSSR count). The van der Waals surface area contributed by atoms with E-state index in [1.807, 2.05) is 19.1 Å². The summed E-state index contributed by atoms with van der Waals surface area (Å²) < 4.78 is 0. The lowest BCUT2D eigenvalue weighted by atomic mass is 9.98. The van der Waals surface area contributed by atoms with Gasteiger partial charge in [0.25, 0.3) is 0 Å². The third-order valence-electron chi connectivity index (χ3n) is 4.89. The van der Waals surface area contributed by atoms with E-state index < -0.39 is 0 Å². The maximum absolute atomic E-state index is 12.0. The highest BCUT2D eigenvalue weighted by Crippen LogP contribution is 2.23. The molecule has 0 aliphatic carbocycles. The molecule has 0 amide bonds. The van der Waals surface area contributed by atoms with Crippen LogP contribution in [0.15, 0.2) is 18.2 Å². The summed E-state index contributed by atoms with van der Waals surface area (Å²) in [5.74, 6) is 0.635. The lowest BCUT2D eigenvalue weighted by molar-refractivity contribution is -0.648. The number of piperidine rings is 1. The van der Waals surface area contributed by atoms with E-state index >= 15 is 0 Å². The Balaban J connectivity index is 1.69. The summed E-state index contributed by atoms with van der Waals surface area (Å²) in [5, 5.41) is 19.2. The zero-order chi connectivity index (χ0) is 15.7. The first-order valence-corrected chi connectivity index (χ1v) is 8.28. The number of hydrogen-bond donors (Lipinski definition) is 2. The third kappa shape index (κ3) is 2.90. The van der Waals surface area contributed by atoms with Crippen molar-refractivity contribution in [3.63, 3.8) is 0 Å². The number of hydrogen-bond acceptors (Lipinski definition) is 3. The summed E-state index contributed by atoms with van der Waals surface area (Å²) in [6, 6.07) is 7.29. The van der Waals surface area contributed by atoms with Crippen molar-refractivity contribution < 1.29 is 4.85 Å². The summed E-state index contributed by atoms with van der Waals surface area (Å²) >= 11 is 0. The summed E-state index contributed by atoms with van der Waals surface area (Å²) in [6.45, 7) is 8.41. The van der Waals surface area contributed by atoms with Crippen molar-refractivity contribution in [2.24, 2.45) is 0 Å². The number of anilines is 1. The largest absolute Gasteiger partial charge is 0.692 e. The van der Waals surface area contributed by atoms with Gasteiger partial charge in [-0.1, -0.05) is 18.1 Å². The molecule has 0 spiro atoms. The van der Waals surface area contributed by atoms with Gasteiger partial charge in [-0.15, -0.1) is 0 Å². The number of nitrogens with one attached hydrogen (secondary N) is 2. The Morgan fingerprint density at radius 2 is 2.05 bits per heavy atom. The van der Waals surface area contributed by atoms with Crippen LogP contribution in [0, 0.1) is 12.1 Å². The molecule has 2 atom stereocenters. The quantitative estimate of drug-likeness (QED) is 0.674. The average Bonchev–Trinajstić information content (AvgIpc) is 2.78. The van der Waals surface area contributed by atoms with Crippen LogP contribution in [0.1, 0.15) is 38.7 Å². The van der Waals surface area contributed by atoms with E-state index in [2.05, 4.69) is 35.2 Å². The molecule has 1 saturated heterocycles. The van der Waals surface area contributed by atoms with Gasteiger partial charge in [0, 0.05) is 18.6 Å². The van der Waals surface area contributed by atoms with Gasteiger partial charge in [-0.2, -0.15) is 4.85 Å². The van der Waals surface area contributed by atoms with Gasteiger partial charge in [0.1, 0.15) is 0 Å². The van der Waals surface area contributed by atoms with E-state index in [1.54, 1.807) is 0 Å². The predicted octanol–water partition coefficient (Wildman–Crippen LogP) is 2.78. The first kappa shape index (κ1) is 15.2. The van der Waals surface area contributed by atoms with Crippen LogP contribution < -0.4 is 10.2 Å². The van der Waals surface area contributed by atoms with Crippen molar-refractivity contribution in [3.8, 4) is 0 Å². The first-order chi connectivity index (χ1) is 10.6. The molecule has 1 aromatic heterocycles. The minimum Gasteiger partial charge on any atom is -0.692 e. The molecule has 5 nitrogen and oxygen atoms in total. The number of benzene rings is 1. The molecular weight excluding hydrogens is 276 g/mol. The maximum atomic E-state index is 12.0. The summed E-state index contributed by atoms with van der Waals surface area (Å²) in [4.78, 5) is 3.39. The molecule has 2 unspecified atom stereocenters. The van der Waals surface area contributed by atoms with Crippen LogP contribution >= 0.6 is 0 Å². The van der Waals surface area contributed by atoms with Gasteiger partial charge < -0.3 is 5.21 Å². The van der Waals surface area contributed by atoms with Crippen molar-refractivity contribution in [3.05, 3.63) is 29.0 Å². The van der Waals surface area contributed by atoms with Crippen LogP contribution in [-0.4, -0.2) is 35.2 Å². The Hall–Kier alpha value is -1.75. The average molecular weight is 302 g/mol. The van der Waals surface area contributed by atoms with Crippen molar-refractivity contribution in [2.45, 2.75) is 52.1 Å². The zero-order valence-electron chi connectivity index (χ0n) is 13.7. The Morgan fingerprint density at radius 1 is 1.32 bits per heavy atom. The second-order valence-corrected chi connectivity index (χ2v) is 6.60. The minimum atomic E-state index is 0.634. The third-order valence-corrected chi connectivity index (χ3v) is 4.89. The molecule has 22 heavy (non-hydrogen) atoms. The number of H-pyrrole nitrogens is 1. The van der Waals surface area contributed by atoms with E-state index in [0.717, 1.165) is 34.4 Å². The van der Waals surface area contributed by atoms with Crippen molar-refractivity contribution in [1.82, 2.24) is 10.00 Å². The minimum absolute atomic E-state index is 0.634. The number of aromatic nitrogens is 2. The van der Waals surface area contributed by atoms with Gasteiger partial charge in [-0.25, -0.2) is 5.10 Å². The molecule has 0 radical (unpaired) electrons. The number of fused-ring (bicyclic) bond motifs is 1. The standard InChI is InChI=1S/C17H26N4O/c1-12-7-8-16-15(11-12)17(21(22)19-16)18-9-10-20-13(2)5-4-6-14(20)3/h7-8,11,13-14,18-19H,4-6,9-10H2,1-3H3. The molecule has 2 N–H and O–H groups in total. The van der Waals surface area contributed by atoms with Gasteiger partial charge in [-0.3, -0.25) is 10.2 Å². The molecule has 1 aliphatic heterocycles. The molecule has 1 fully saturated rings. The summed E-state index contributed by atoms with van der Waals surface area (Å²) in [6.07, 6.45) is 3.88. The fourth-order valence-electron chi connectivity index (χ4n) is 3.61. The molecule has 1 aliphatic rings. The molecule has 1 aromatic carbocycles. The van der Waals surface area contributed by atoms with Crippen molar-refractivity contribution >= 4 is 16.7 Å². The molecule has 0 saturated carbocycles. The van der Waals surface area contributed by atoms with Crippen LogP contribution in [0.3, 0.4) is 0 Å². The van der Waals surface area contributed by atoms with Crippen LogP contribution in [0.25, 0.3) is 10.9 Å². The molecule has 5 heteroatoms. The SMILES string of the molecule is Cc1ccc2[nH][n+]([O-])c(NCCN3C(C)CCCC3C)c2c1. The Bertz CT molecular complexity index is 641. The van der Waals surface area contributed by atoms with Crippen molar-refractivity contribution in [1.29, 1.82) is 0 Å². The summed E-state index contributed by atoms with van der Waals surface area (Å²) in [5.41, 5.74) is 2.04. The molecule has 2 aromatic rings. The lowest BCUT2D eigenvalue weighted by Crippen LogP contribution is -2.46. The highest BCUT2D eigenvalue weighted by molar-refractivity contribution is 5.88. The van der Waals surface area contributed by atoms with Gasteiger partial charge in [0.2, 0.25) is 0 Å². The number of aromatic amines is 1. The van der Waals surface area contributed by atoms with Crippen LogP contribution in [0.4, 0.5) is 5.82 Å². The van der Waals surface area contributed by atoms with Gasteiger partial charge in [0.05, 0.1) is 17.4 Å². The number of aryl methyl sites for hydroxylation is 1. The Morgan fingerprint density at radius 3 is 2.77 bits per heavy atom. The Kier molecular flexibility index (Phi) is 4.25. The maximum Gasteiger partial charge on any atom is 0.306 e. The number of likely N-dealkylation sites (tertiary alicyclic amines) is 1. The van der Waals surface area contributed by atoms with E-state index in [1.165, 1.54) is 19.3 Å². The van der Waals surface area contributed by atoms with Gasteiger partial charge in [0.15, 0.2) is 0 Å². The van der Waals surface area contributed by atoms with Gasteiger partial charge in [-0.05, 0) is 45.7 Å². The number of nitrogens with zero attached hydrogens (tertiary/aromatic N) is 2. The van der Waals surface area contributed by atoms with E-state index in [-0.39, 0.29) is 0 Å². The number of rotatable bonds is 4. The topological polar surface area (TPSA) is 58.0 Å². The van der Waals surface area contributed by atoms with Crippen LogP contribution in [0.2, 0.25) is 0 Å². The highest BCUT2D eigenvalue weighted by Gasteiger charge is 2.24. The van der Waals surface area contributed by atoms with Crippen molar-refractivity contribution in [2.75, 3.05) is 18.4 Å². The van der Waals surface area contributed by atoms with E-state index in [4.69, 9.17) is 0 Å². The van der Waals surface area contributed by atoms with E-state index in [9.17, 15) is 5.21 Å². The second-order valence-electron chi connectivity index (χ2n) is 6.60. The second kappa shape index (κ2) is 6.16.